The number of fused-ring (bicyclic) bond motifs is 2. The van der Waals surface area contributed by atoms with Crippen LogP contribution in [0.5, 0.6) is 0 Å². The molecule has 15 atom stereocenters. The lowest BCUT2D eigenvalue weighted by atomic mass is 9.75. The molecule has 0 saturated carbocycles. The number of esters is 1. The lowest BCUT2D eigenvalue weighted by Gasteiger charge is -2.51. The molecular weight excluding hydrogens is 985 g/mol. The minimum Gasteiger partial charge on any atom is -0.456 e. The number of aromatic amines is 1. The van der Waals surface area contributed by atoms with Gasteiger partial charge in [-0.15, -0.1) is 0 Å². The number of amides is 4. The molecule has 5 heterocycles. The van der Waals surface area contributed by atoms with Crippen molar-refractivity contribution in [1.29, 1.82) is 0 Å². The summed E-state index contributed by atoms with van der Waals surface area (Å²) in [6.45, 7) is 20.6. The van der Waals surface area contributed by atoms with Crippen LogP contribution in [0, 0.1) is 35.5 Å². The predicted octanol–water partition coefficient (Wildman–Crippen LogP) is 5.26. The van der Waals surface area contributed by atoms with Crippen LogP contribution in [0.15, 0.2) is 94.9 Å². The summed E-state index contributed by atoms with van der Waals surface area (Å²) in [6.07, 6.45) is 13.8. The van der Waals surface area contributed by atoms with Crippen LogP contribution in [0.3, 0.4) is 0 Å². The van der Waals surface area contributed by atoms with Crippen LogP contribution in [-0.2, 0) is 44.7 Å². The first kappa shape index (κ1) is 62.1. The molecule has 4 amide bonds. The van der Waals surface area contributed by atoms with Gasteiger partial charge < -0.3 is 50.5 Å². The minimum atomic E-state index is -1.47. The van der Waals surface area contributed by atoms with Crippen molar-refractivity contribution >= 4 is 35.4 Å². The Morgan fingerprint density at radius 1 is 1.01 bits per heavy atom. The molecule has 4 aliphatic heterocycles. The highest BCUT2D eigenvalue weighted by Crippen LogP contribution is 2.43. The fraction of sp³-hybridized carbons (Fsp3) is 0.610. The number of rotatable bonds is 15. The first-order valence-electron chi connectivity index (χ1n) is 27.6. The van der Waals surface area contributed by atoms with Crippen molar-refractivity contribution in [2.45, 2.75) is 187 Å². The van der Waals surface area contributed by atoms with E-state index in [4.69, 9.17) is 9.47 Å². The van der Waals surface area contributed by atoms with Crippen molar-refractivity contribution in [2.75, 3.05) is 6.54 Å². The zero-order valence-electron chi connectivity index (χ0n) is 46.6. The molecule has 5 rings (SSSR count). The minimum absolute atomic E-state index is 0.00431. The molecular formula is C59H86N6O12. The van der Waals surface area contributed by atoms with Crippen LogP contribution in [0.4, 0.5) is 0 Å². The number of aromatic nitrogens is 1. The van der Waals surface area contributed by atoms with E-state index in [1.165, 1.54) is 37.1 Å². The Morgan fingerprint density at radius 2 is 1.75 bits per heavy atom. The average molecular weight is 1070 g/mol. The molecule has 77 heavy (non-hydrogen) atoms. The summed E-state index contributed by atoms with van der Waals surface area (Å²) in [5.74, 6) is -5.20. The molecule has 2 saturated heterocycles. The van der Waals surface area contributed by atoms with E-state index in [0.29, 0.717) is 43.4 Å². The smallest absolute Gasteiger partial charge is 0.325 e. The second kappa shape index (κ2) is 28.7. The van der Waals surface area contributed by atoms with Crippen LogP contribution in [0.2, 0.25) is 0 Å². The Bertz CT molecular complexity index is 2480. The van der Waals surface area contributed by atoms with Gasteiger partial charge in [-0.3, -0.25) is 33.8 Å². The maximum Gasteiger partial charge on any atom is 0.325 e. The number of nitrogens with zero attached hydrogens (tertiary/aromatic N) is 1. The van der Waals surface area contributed by atoms with Crippen LogP contribution >= 0.6 is 0 Å². The van der Waals surface area contributed by atoms with Crippen LogP contribution in [-0.4, -0.2) is 122 Å². The molecule has 1 spiro atoms. The molecule has 424 valence electrons. The summed E-state index contributed by atoms with van der Waals surface area (Å²) in [5.41, 5.74) is 3.93. The molecule has 0 aliphatic carbocycles. The van der Waals surface area contributed by atoms with Crippen molar-refractivity contribution < 1.29 is 53.6 Å². The fourth-order valence-corrected chi connectivity index (χ4v) is 10.7. The zero-order valence-corrected chi connectivity index (χ0v) is 46.6. The van der Waals surface area contributed by atoms with E-state index in [-0.39, 0.29) is 79.3 Å². The van der Waals surface area contributed by atoms with Gasteiger partial charge in [0.1, 0.15) is 30.0 Å². The van der Waals surface area contributed by atoms with Crippen LogP contribution in [0.1, 0.15) is 132 Å². The summed E-state index contributed by atoms with van der Waals surface area (Å²) < 4.78 is 12.9. The van der Waals surface area contributed by atoms with Gasteiger partial charge in [-0.2, -0.15) is 0 Å². The largest absolute Gasteiger partial charge is 0.456 e. The average Bonchev–Trinajstić information content (AvgIpc) is 3.38. The Hall–Kier alpha value is -5.79. The molecule has 18 nitrogen and oxygen atoms in total. The third-order valence-corrected chi connectivity index (χ3v) is 15.9. The number of ketones is 1. The van der Waals surface area contributed by atoms with Crippen molar-refractivity contribution in [1.82, 2.24) is 31.4 Å². The highest BCUT2D eigenvalue weighted by atomic mass is 16.5. The van der Waals surface area contributed by atoms with Crippen LogP contribution in [0.25, 0.3) is 0 Å². The van der Waals surface area contributed by atoms with E-state index in [2.05, 4.69) is 52.9 Å². The first-order valence-corrected chi connectivity index (χ1v) is 27.6. The molecule has 2 bridgehead atoms. The van der Waals surface area contributed by atoms with Crippen molar-refractivity contribution in [3.63, 3.8) is 0 Å². The number of H-pyrrole nitrogens is 1. The standard InChI is InChI=1S/C59H86N6O12/c1-11-42-31-39(8)59(63-54(42)71)38(7)30-37(6)50(77-59)33-48(68)35(4)20-14-12-15-21-36(5)49-25-17-13-16-24-47(67)41(10)53(70)44(28-27-40(9)66)55(72)62-52(34(2)3)56(73)61-46(32-43-22-18-26-51(69)60-43)57(74)65-29-19-23-45(64-65)58(75)76-49/h12-13,15-18,21-22,24,26,30,35,37,39,41-42,44-50,52-53,64,67-68,70H,2,11,14,19-20,23,25,27-29,31-33H2,1,3-10H3,(H,60,69)(H,61,73)(H,62,72)(H,63,71). The number of hydrogen-bond acceptors (Lipinski definition) is 13. The molecule has 4 aliphatic rings. The number of carbonyl (C=O) groups is 6. The van der Waals surface area contributed by atoms with Crippen molar-refractivity contribution in [3.05, 3.63) is 106 Å². The van der Waals surface area contributed by atoms with Crippen molar-refractivity contribution in [3.8, 4) is 0 Å². The second-order valence-electron chi connectivity index (χ2n) is 22.1. The lowest BCUT2D eigenvalue weighted by molar-refractivity contribution is -0.179. The van der Waals surface area contributed by atoms with E-state index in [1.807, 2.05) is 45.9 Å². The highest BCUT2D eigenvalue weighted by molar-refractivity contribution is 5.94. The van der Waals surface area contributed by atoms with E-state index in [0.717, 1.165) is 18.4 Å². The van der Waals surface area contributed by atoms with E-state index < -0.39 is 89.4 Å². The van der Waals surface area contributed by atoms with Gasteiger partial charge in [0.05, 0.1) is 30.3 Å². The number of aliphatic hydroxyl groups excluding tert-OH is 3. The fourth-order valence-electron chi connectivity index (χ4n) is 10.7. The van der Waals surface area contributed by atoms with Gasteiger partial charge in [0.15, 0.2) is 5.72 Å². The monoisotopic (exact) mass is 1070 g/mol. The number of pyridine rings is 1. The molecule has 0 radical (unpaired) electrons. The Morgan fingerprint density at radius 3 is 2.44 bits per heavy atom. The quantitative estimate of drug-likeness (QED) is 0.0634. The van der Waals surface area contributed by atoms with Gasteiger partial charge in [0.25, 0.3) is 5.91 Å². The SMILES string of the molecule is C=C(C)C1NC(=O)C(CCC(C)=O)C(O)C(C)C(O)C=CC=CCC(C(C)=CC=CCCC(C)C(O)CC2OC3(NC(=O)C(CC)CC3C)C(C)=CC2C)OC(=O)C2CCCN(N2)C(=O)C(Cc2cccc(=O)[nH]2)NC1=O. The predicted molar refractivity (Wildman–Crippen MR) is 293 cm³/mol. The molecule has 1 aromatic rings. The highest BCUT2D eigenvalue weighted by Gasteiger charge is 2.51. The second-order valence-corrected chi connectivity index (χ2v) is 22.1. The summed E-state index contributed by atoms with van der Waals surface area (Å²) in [5, 5.41) is 44.1. The number of allylic oxidation sites excluding steroid dienone is 5. The molecule has 18 heteroatoms. The summed E-state index contributed by atoms with van der Waals surface area (Å²) >= 11 is 0. The maximum atomic E-state index is 14.5. The van der Waals surface area contributed by atoms with Gasteiger partial charge in [0.2, 0.25) is 23.3 Å². The maximum absolute atomic E-state index is 14.5. The first-order chi connectivity index (χ1) is 36.5. The van der Waals surface area contributed by atoms with Crippen LogP contribution < -0.4 is 26.9 Å². The number of hydrogen-bond donors (Lipinski definition) is 8. The number of nitrogens with one attached hydrogen (secondary N) is 5. The zero-order chi connectivity index (χ0) is 56.7. The summed E-state index contributed by atoms with van der Waals surface area (Å²) in [4.78, 5) is 96.9. The molecule has 2 fully saturated rings. The number of Topliss-reactive ketones (excluding diaryl/α,β-unsaturated/α-hetero) is 1. The third-order valence-electron chi connectivity index (χ3n) is 15.9. The normalized spacial score (nSPS) is 32.3. The number of hydrazine groups is 1. The Labute approximate surface area is 454 Å². The summed E-state index contributed by atoms with van der Waals surface area (Å²) in [7, 11) is 0. The number of carbonyl (C=O) groups excluding carboxylic acids is 6. The van der Waals surface area contributed by atoms with E-state index in [1.54, 1.807) is 31.2 Å². The van der Waals surface area contributed by atoms with Gasteiger partial charge in [0, 0.05) is 67.7 Å². The molecule has 0 aromatic carbocycles. The van der Waals surface area contributed by atoms with Gasteiger partial charge in [-0.1, -0.05) is 95.9 Å². The summed E-state index contributed by atoms with van der Waals surface area (Å²) in [6, 6.07) is 0.718. The third kappa shape index (κ3) is 16.9. The number of piperidine rings is 1. The van der Waals surface area contributed by atoms with Gasteiger partial charge in [-0.25, -0.2) is 5.43 Å². The van der Waals surface area contributed by atoms with Gasteiger partial charge in [-0.05, 0) is 101 Å². The lowest BCUT2D eigenvalue weighted by Crippen LogP contribution is -2.64. The number of cyclic esters (lactones) is 1. The number of aliphatic hydroxyl groups is 3. The molecule has 15 unspecified atom stereocenters. The molecule has 8 N–H and O–H groups in total. The Kier molecular flexibility index (Phi) is 23.1. The van der Waals surface area contributed by atoms with Crippen molar-refractivity contribution in [2.24, 2.45) is 35.5 Å². The topological polar surface area (TPSA) is 266 Å². The van der Waals surface area contributed by atoms with Gasteiger partial charge >= 0.3 is 5.97 Å². The Balaban J connectivity index is 1.35. The van der Waals surface area contributed by atoms with E-state index in [9.17, 15) is 48.9 Å². The van der Waals surface area contributed by atoms with E-state index >= 15 is 0 Å². The molecule has 1 aromatic heterocycles. The number of ether oxygens (including phenoxy) is 2.